The van der Waals surface area contributed by atoms with Crippen LogP contribution in [0.5, 0.6) is 0 Å². The minimum Gasteiger partial charge on any atom is -0.365 e. The van der Waals surface area contributed by atoms with E-state index >= 15 is 0 Å². The van der Waals surface area contributed by atoms with Crippen molar-refractivity contribution in [2.24, 2.45) is 17.3 Å². The van der Waals surface area contributed by atoms with E-state index in [0.717, 1.165) is 32.3 Å². The number of rotatable bonds is 5. The van der Waals surface area contributed by atoms with Crippen LogP contribution >= 0.6 is 0 Å². The van der Waals surface area contributed by atoms with Gasteiger partial charge in [-0.1, -0.05) is 45.1 Å². The molecule has 2 heteroatoms. The van der Waals surface area contributed by atoms with E-state index in [4.69, 9.17) is 4.74 Å². The van der Waals surface area contributed by atoms with Gasteiger partial charge in [0.05, 0.1) is 6.61 Å². The Morgan fingerprint density at radius 2 is 2.20 bits per heavy atom. The lowest BCUT2D eigenvalue weighted by Crippen LogP contribution is -2.38. The number of carbonyl (C=O) groups is 1. The third kappa shape index (κ3) is 3.06. The van der Waals surface area contributed by atoms with Crippen molar-refractivity contribution in [1.82, 2.24) is 0 Å². The number of hydrogen-bond acceptors (Lipinski definition) is 2. The molecule has 2 fully saturated rings. The fourth-order valence-corrected chi connectivity index (χ4v) is 3.29. The smallest absolute Gasteiger partial charge is 0.136 e. The fourth-order valence-electron chi connectivity index (χ4n) is 3.29. The molecule has 1 aliphatic carbocycles. The number of carbonyl (C=O) groups excluding carboxylic acids is 1. The Kier molecular flexibility index (Phi) is 4.24. The van der Waals surface area contributed by atoms with Crippen molar-refractivity contribution in [3.63, 3.8) is 0 Å². The van der Waals surface area contributed by atoms with E-state index in [0.29, 0.717) is 11.7 Å². The topological polar surface area (TPSA) is 29.6 Å². The van der Waals surface area contributed by atoms with Crippen molar-refractivity contribution in [2.45, 2.75) is 59.0 Å². The molecule has 0 spiro atoms. The highest BCUT2D eigenvalue weighted by molar-refractivity contribution is 5.82. The number of Topliss-reactive ketones (excluding diaryl/α,β-unsaturated/α-hetero) is 1. The minimum atomic E-state index is -0.0252. The van der Waals surface area contributed by atoms with Crippen LogP contribution in [-0.2, 0) is 9.53 Å². The summed E-state index contributed by atoms with van der Waals surface area (Å²) in [4.78, 5) is 12.0. The van der Waals surface area contributed by atoms with Crippen LogP contribution in [0.3, 0.4) is 0 Å². The van der Waals surface area contributed by atoms with Crippen molar-refractivity contribution in [3.05, 3.63) is 24.3 Å². The summed E-state index contributed by atoms with van der Waals surface area (Å²) in [6, 6.07) is 0. The Balaban J connectivity index is 1.98. The highest BCUT2D eigenvalue weighted by Crippen LogP contribution is 2.47. The lowest BCUT2D eigenvalue weighted by molar-refractivity contribution is -0.128. The molecule has 1 heterocycles. The first kappa shape index (κ1) is 15.5. The molecule has 1 saturated heterocycles. The molecule has 0 aromatic rings. The molecule has 112 valence electrons. The zero-order valence-electron chi connectivity index (χ0n) is 13.4. The SMILES string of the molecule is C=C([C@@H](C)C/C=C/C1(C)CO1)C1(C)CCCC(=O)C1C. The molecule has 2 nitrogen and oxygen atoms in total. The lowest BCUT2D eigenvalue weighted by atomic mass is 9.61. The maximum absolute atomic E-state index is 12.0. The number of ketones is 1. The molecule has 0 bridgehead atoms. The molecule has 0 amide bonds. The molecule has 0 N–H and O–H groups in total. The molecular weight excluding hydrogens is 248 g/mol. The van der Waals surface area contributed by atoms with Gasteiger partial charge in [-0.25, -0.2) is 0 Å². The van der Waals surface area contributed by atoms with Crippen LogP contribution in [0.4, 0.5) is 0 Å². The van der Waals surface area contributed by atoms with Crippen LogP contribution < -0.4 is 0 Å². The van der Waals surface area contributed by atoms with Crippen molar-refractivity contribution in [2.75, 3.05) is 6.61 Å². The van der Waals surface area contributed by atoms with Crippen LogP contribution in [0.2, 0.25) is 0 Å². The molecule has 0 aromatic carbocycles. The van der Waals surface area contributed by atoms with Gasteiger partial charge in [-0.3, -0.25) is 4.79 Å². The summed E-state index contributed by atoms with van der Waals surface area (Å²) in [6.07, 6.45) is 8.19. The first-order valence-corrected chi connectivity index (χ1v) is 7.82. The Hall–Kier alpha value is -0.890. The van der Waals surface area contributed by atoms with Crippen LogP contribution in [-0.4, -0.2) is 18.0 Å². The number of ether oxygens (including phenoxy) is 1. The van der Waals surface area contributed by atoms with Crippen LogP contribution in [0, 0.1) is 17.3 Å². The molecule has 20 heavy (non-hydrogen) atoms. The van der Waals surface area contributed by atoms with Crippen molar-refractivity contribution >= 4 is 5.78 Å². The van der Waals surface area contributed by atoms with Gasteiger partial charge < -0.3 is 4.74 Å². The Labute approximate surface area is 123 Å². The minimum absolute atomic E-state index is 0.0148. The average molecular weight is 276 g/mol. The summed E-state index contributed by atoms with van der Waals surface area (Å²) >= 11 is 0. The van der Waals surface area contributed by atoms with Gasteiger partial charge in [-0.2, -0.15) is 0 Å². The largest absolute Gasteiger partial charge is 0.365 e. The van der Waals surface area contributed by atoms with E-state index in [1.165, 1.54) is 5.57 Å². The normalized spacial score (nSPS) is 39.0. The quantitative estimate of drug-likeness (QED) is 0.553. The van der Waals surface area contributed by atoms with E-state index in [9.17, 15) is 4.79 Å². The van der Waals surface area contributed by atoms with Gasteiger partial charge in [0.15, 0.2) is 0 Å². The molecule has 4 atom stereocenters. The molecular formula is C18H28O2. The first-order valence-electron chi connectivity index (χ1n) is 7.82. The van der Waals surface area contributed by atoms with Gasteiger partial charge in [0.1, 0.15) is 11.4 Å². The summed E-state index contributed by atoms with van der Waals surface area (Å²) in [7, 11) is 0. The molecule has 3 unspecified atom stereocenters. The van der Waals surface area contributed by atoms with Crippen LogP contribution in [0.15, 0.2) is 24.3 Å². The van der Waals surface area contributed by atoms with Gasteiger partial charge >= 0.3 is 0 Å². The Morgan fingerprint density at radius 3 is 2.80 bits per heavy atom. The second kappa shape index (κ2) is 5.48. The maximum atomic E-state index is 12.0. The van der Waals surface area contributed by atoms with E-state index in [1.807, 2.05) is 0 Å². The van der Waals surface area contributed by atoms with Gasteiger partial charge in [-0.05, 0) is 37.5 Å². The third-order valence-corrected chi connectivity index (χ3v) is 5.45. The van der Waals surface area contributed by atoms with E-state index in [1.54, 1.807) is 0 Å². The summed E-state index contributed by atoms with van der Waals surface area (Å²) < 4.78 is 5.35. The Bertz CT molecular complexity index is 431. The second-order valence-corrected chi connectivity index (χ2v) is 7.12. The van der Waals surface area contributed by atoms with Crippen molar-refractivity contribution < 1.29 is 9.53 Å². The van der Waals surface area contributed by atoms with Crippen LogP contribution in [0.25, 0.3) is 0 Å². The average Bonchev–Trinajstić information content (AvgIpc) is 3.13. The molecule has 2 aliphatic rings. The molecule has 0 aromatic heterocycles. The molecule has 1 saturated carbocycles. The monoisotopic (exact) mass is 276 g/mol. The molecule has 1 aliphatic heterocycles. The third-order valence-electron chi connectivity index (χ3n) is 5.45. The predicted octanol–water partition coefficient (Wildman–Crippen LogP) is 4.31. The Morgan fingerprint density at radius 1 is 1.55 bits per heavy atom. The number of hydrogen-bond donors (Lipinski definition) is 0. The summed E-state index contributed by atoms with van der Waals surface area (Å²) in [6.45, 7) is 13.8. The predicted molar refractivity (Wildman–Crippen MR) is 82.5 cm³/mol. The van der Waals surface area contributed by atoms with Gasteiger partial charge in [0, 0.05) is 12.3 Å². The number of epoxide rings is 1. The van der Waals surface area contributed by atoms with Gasteiger partial charge in [0.25, 0.3) is 0 Å². The highest BCUT2D eigenvalue weighted by atomic mass is 16.6. The summed E-state index contributed by atoms with van der Waals surface area (Å²) in [5.41, 5.74) is 1.20. The van der Waals surface area contributed by atoms with Gasteiger partial charge in [0.2, 0.25) is 0 Å². The summed E-state index contributed by atoms with van der Waals surface area (Å²) in [5.74, 6) is 0.924. The second-order valence-electron chi connectivity index (χ2n) is 7.12. The molecule has 0 radical (unpaired) electrons. The lowest BCUT2D eigenvalue weighted by Gasteiger charge is -2.42. The van der Waals surface area contributed by atoms with Crippen molar-refractivity contribution in [1.29, 1.82) is 0 Å². The zero-order valence-corrected chi connectivity index (χ0v) is 13.4. The summed E-state index contributed by atoms with van der Waals surface area (Å²) in [5, 5.41) is 0. The van der Waals surface area contributed by atoms with E-state index in [-0.39, 0.29) is 16.9 Å². The van der Waals surface area contributed by atoms with Gasteiger partial charge in [-0.15, -0.1) is 0 Å². The van der Waals surface area contributed by atoms with Crippen molar-refractivity contribution in [3.8, 4) is 0 Å². The highest BCUT2D eigenvalue weighted by Gasteiger charge is 2.41. The number of allylic oxidation sites excluding steroid dienone is 2. The standard InChI is InChI=1S/C18H28O2/c1-13(8-6-10-17(4)12-20-17)14(2)18(5)11-7-9-16(19)15(18)3/h6,10,13,15H,2,7-9,11-12H2,1,3-5H3/b10-6+/t13-,15?,17?,18?/m0/s1. The fraction of sp³-hybridized carbons (Fsp3) is 0.722. The van der Waals surface area contributed by atoms with Crippen LogP contribution in [0.1, 0.15) is 53.4 Å². The maximum Gasteiger partial charge on any atom is 0.136 e. The first-order chi connectivity index (χ1) is 9.28. The van der Waals surface area contributed by atoms with E-state index in [2.05, 4.69) is 46.4 Å². The zero-order chi connectivity index (χ0) is 15.0. The van der Waals surface area contributed by atoms with E-state index < -0.39 is 0 Å². The molecule has 2 rings (SSSR count).